The van der Waals surface area contributed by atoms with Crippen LogP contribution in [-0.4, -0.2) is 38.3 Å². The largest absolute Gasteiger partial charge is 0.493 e. The third kappa shape index (κ3) is 8.15. The molecule has 0 bridgehead atoms. The molecule has 8 nitrogen and oxygen atoms in total. The summed E-state index contributed by atoms with van der Waals surface area (Å²) in [4.78, 5) is 15.0. The van der Waals surface area contributed by atoms with Crippen molar-refractivity contribution in [3.05, 3.63) is 69.3 Å². The van der Waals surface area contributed by atoms with Crippen molar-refractivity contribution in [2.75, 3.05) is 27.4 Å². The van der Waals surface area contributed by atoms with Crippen molar-refractivity contribution in [1.82, 2.24) is 10.6 Å². The third-order valence-electron chi connectivity index (χ3n) is 4.28. The Bertz CT molecular complexity index is 846. The molecule has 0 amide bonds. The van der Waals surface area contributed by atoms with Crippen LogP contribution >= 0.6 is 24.0 Å². The summed E-state index contributed by atoms with van der Waals surface area (Å²) in [5, 5.41) is 17.5. The fourth-order valence-electron chi connectivity index (χ4n) is 2.74. The molecule has 0 aliphatic carbocycles. The highest BCUT2D eigenvalue weighted by Gasteiger charge is 2.12. The number of hydrogen-bond acceptors (Lipinski definition) is 5. The van der Waals surface area contributed by atoms with Crippen LogP contribution in [0.25, 0.3) is 0 Å². The summed E-state index contributed by atoms with van der Waals surface area (Å²) in [6, 6.07) is 12.7. The van der Waals surface area contributed by atoms with Crippen LogP contribution in [0.5, 0.6) is 5.75 Å². The van der Waals surface area contributed by atoms with Gasteiger partial charge in [0.15, 0.2) is 5.96 Å². The van der Waals surface area contributed by atoms with Crippen LogP contribution in [-0.2, 0) is 17.8 Å². The number of guanidine groups is 1. The van der Waals surface area contributed by atoms with Crippen molar-refractivity contribution in [1.29, 1.82) is 0 Å². The van der Waals surface area contributed by atoms with E-state index in [0.717, 1.165) is 23.3 Å². The Labute approximate surface area is 194 Å². The van der Waals surface area contributed by atoms with Gasteiger partial charge in [-0.25, -0.2) is 0 Å². The van der Waals surface area contributed by atoms with Gasteiger partial charge in [-0.15, -0.1) is 24.0 Å². The minimum atomic E-state index is -0.382. The molecular formula is C21H29IN4O4. The van der Waals surface area contributed by atoms with E-state index in [4.69, 9.17) is 9.47 Å². The fraction of sp³-hybridized carbons (Fsp3) is 0.381. The average Bonchev–Trinajstić information content (AvgIpc) is 2.72. The minimum absolute atomic E-state index is 0. The summed E-state index contributed by atoms with van der Waals surface area (Å²) >= 11 is 0. The van der Waals surface area contributed by atoms with Crippen LogP contribution in [0.15, 0.2) is 47.5 Å². The van der Waals surface area contributed by atoms with E-state index >= 15 is 0 Å². The van der Waals surface area contributed by atoms with E-state index in [9.17, 15) is 10.1 Å². The first-order chi connectivity index (χ1) is 14.0. The zero-order valence-electron chi connectivity index (χ0n) is 17.5. The third-order valence-corrected chi connectivity index (χ3v) is 4.28. The molecule has 2 rings (SSSR count). The van der Waals surface area contributed by atoms with Crippen molar-refractivity contribution < 1.29 is 14.4 Å². The molecule has 0 saturated carbocycles. The SMILES string of the molecule is CN=C(NCc1ccc(C)cc1OCCCOC)NCc1ccccc1[N+](=O)[O-].I. The monoisotopic (exact) mass is 528 g/mol. The normalized spacial score (nSPS) is 10.8. The Kier molecular flexibility index (Phi) is 11.8. The number of halogens is 1. The quantitative estimate of drug-likeness (QED) is 0.122. The number of hydrogen-bond donors (Lipinski definition) is 2. The van der Waals surface area contributed by atoms with Gasteiger partial charge in [0, 0.05) is 57.5 Å². The second kappa shape index (κ2) is 13.8. The topological polar surface area (TPSA) is 98.0 Å². The molecule has 0 radical (unpaired) electrons. The molecule has 0 saturated heterocycles. The number of nitro groups is 1. The molecule has 30 heavy (non-hydrogen) atoms. The van der Waals surface area contributed by atoms with Gasteiger partial charge in [0.1, 0.15) is 5.75 Å². The first-order valence-corrected chi connectivity index (χ1v) is 9.43. The Balaban J connectivity index is 0.00000450. The maximum absolute atomic E-state index is 11.1. The zero-order chi connectivity index (χ0) is 21.1. The molecule has 0 heterocycles. The maximum Gasteiger partial charge on any atom is 0.274 e. The predicted molar refractivity (Wildman–Crippen MR) is 129 cm³/mol. The van der Waals surface area contributed by atoms with Gasteiger partial charge in [-0.1, -0.05) is 30.3 Å². The lowest BCUT2D eigenvalue weighted by Crippen LogP contribution is -2.36. The standard InChI is InChI=1S/C21H28N4O4.HI/c1-16-9-10-18(20(13-16)29-12-6-11-28-3)15-24-21(22-2)23-14-17-7-4-5-8-19(17)25(26)27;/h4-5,7-10,13H,6,11-12,14-15H2,1-3H3,(H2,22,23,24);1H. The van der Waals surface area contributed by atoms with E-state index in [2.05, 4.69) is 15.6 Å². The Morgan fingerprint density at radius 2 is 1.80 bits per heavy atom. The number of aryl methyl sites for hydroxylation is 1. The predicted octanol–water partition coefficient (Wildman–Crippen LogP) is 3.80. The highest BCUT2D eigenvalue weighted by molar-refractivity contribution is 14.0. The number of para-hydroxylation sites is 1. The highest BCUT2D eigenvalue weighted by atomic mass is 127. The molecule has 0 spiro atoms. The minimum Gasteiger partial charge on any atom is -0.493 e. The summed E-state index contributed by atoms with van der Waals surface area (Å²) in [5.74, 6) is 1.37. The van der Waals surface area contributed by atoms with Crippen LogP contribution in [0.2, 0.25) is 0 Å². The molecular weight excluding hydrogens is 499 g/mol. The van der Waals surface area contributed by atoms with E-state index in [-0.39, 0.29) is 34.6 Å². The van der Waals surface area contributed by atoms with Gasteiger partial charge < -0.3 is 20.1 Å². The molecule has 0 aromatic heterocycles. The number of aliphatic imine (C=N–C) groups is 1. The van der Waals surface area contributed by atoms with Crippen LogP contribution in [0.1, 0.15) is 23.1 Å². The summed E-state index contributed by atoms with van der Waals surface area (Å²) in [6.07, 6.45) is 0.816. The van der Waals surface area contributed by atoms with Gasteiger partial charge in [-0.3, -0.25) is 15.1 Å². The molecule has 0 unspecified atom stereocenters. The zero-order valence-corrected chi connectivity index (χ0v) is 19.8. The molecule has 2 N–H and O–H groups in total. The lowest BCUT2D eigenvalue weighted by molar-refractivity contribution is -0.385. The van der Waals surface area contributed by atoms with Crippen molar-refractivity contribution in [2.45, 2.75) is 26.4 Å². The molecule has 2 aromatic carbocycles. The molecule has 0 aliphatic rings. The maximum atomic E-state index is 11.1. The van der Waals surface area contributed by atoms with Gasteiger partial charge in [-0.05, 0) is 18.6 Å². The van der Waals surface area contributed by atoms with Crippen LogP contribution < -0.4 is 15.4 Å². The lowest BCUT2D eigenvalue weighted by Gasteiger charge is -2.15. The number of methoxy groups -OCH3 is 1. The van der Waals surface area contributed by atoms with Gasteiger partial charge in [-0.2, -0.15) is 0 Å². The molecule has 0 atom stereocenters. The number of nitrogens with one attached hydrogen (secondary N) is 2. The second-order valence-corrected chi connectivity index (χ2v) is 6.47. The first-order valence-electron chi connectivity index (χ1n) is 9.43. The Morgan fingerprint density at radius 3 is 2.47 bits per heavy atom. The number of nitrogens with zero attached hydrogens (tertiary/aromatic N) is 2. The van der Waals surface area contributed by atoms with Crippen LogP contribution in [0, 0.1) is 17.0 Å². The van der Waals surface area contributed by atoms with Gasteiger partial charge in [0.2, 0.25) is 0 Å². The van der Waals surface area contributed by atoms with E-state index < -0.39 is 0 Å². The summed E-state index contributed by atoms with van der Waals surface area (Å²) < 4.78 is 11.0. The van der Waals surface area contributed by atoms with Crippen molar-refractivity contribution >= 4 is 35.6 Å². The molecule has 0 aliphatic heterocycles. The summed E-state index contributed by atoms with van der Waals surface area (Å²) in [7, 11) is 3.33. The second-order valence-electron chi connectivity index (χ2n) is 6.47. The fourth-order valence-corrected chi connectivity index (χ4v) is 2.74. The number of benzene rings is 2. The first kappa shape index (κ1) is 25.6. The van der Waals surface area contributed by atoms with Crippen LogP contribution in [0.4, 0.5) is 5.69 Å². The van der Waals surface area contributed by atoms with Gasteiger partial charge >= 0.3 is 0 Å². The summed E-state index contributed by atoms with van der Waals surface area (Å²) in [5.41, 5.74) is 2.80. The van der Waals surface area contributed by atoms with Crippen molar-refractivity contribution in [3.63, 3.8) is 0 Å². The van der Waals surface area contributed by atoms with Crippen molar-refractivity contribution in [2.24, 2.45) is 4.99 Å². The highest BCUT2D eigenvalue weighted by Crippen LogP contribution is 2.21. The number of ether oxygens (including phenoxy) is 2. The molecule has 0 fully saturated rings. The van der Waals surface area contributed by atoms with Gasteiger partial charge in [0.05, 0.1) is 11.5 Å². The molecule has 2 aromatic rings. The summed E-state index contributed by atoms with van der Waals surface area (Å²) in [6.45, 7) is 4.06. The van der Waals surface area contributed by atoms with Gasteiger partial charge in [0.25, 0.3) is 5.69 Å². The van der Waals surface area contributed by atoms with Crippen LogP contribution in [0.3, 0.4) is 0 Å². The van der Waals surface area contributed by atoms with E-state index in [1.807, 2.05) is 25.1 Å². The Hall–Kier alpha value is -2.40. The number of nitro benzene ring substituents is 1. The van der Waals surface area contributed by atoms with E-state index in [0.29, 0.717) is 37.8 Å². The number of rotatable bonds is 10. The van der Waals surface area contributed by atoms with Crippen molar-refractivity contribution in [3.8, 4) is 5.75 Å². The molecule has 9 heteroatoms. The van der Waals surface area contributed by atoms with E-state index in [1.54, 1.807) is 32.4 Å². The smallest absolute Gasteiger partial charge is 0.274 e. The average molecular weight is 528 g/mol. The lowest BCUT2D eigenvalue weighted by atomic mass is 10.1. The Morgan fingerprint density at radius 1 is 1.10 bits per heavy atom. The molecule has 164 valence electrons. The van der Waals surface area contributed by atoms with E-state index in [1.165, 1.54) is 6.07 Å².